The van der Waals surface area contributed by atoms with E-state index in [0.29, 0.717) is 17.9 Å². The summed E-state index contributed by atoms with van der Waals surface area (Å²) in [7, 11) is 1.28. The molecule has 0 atom stereocenters. The van der Waals surface area contributed by atoms with Gasteiger partial charge in [-0.25, -0.2) is 4.79 Å². The number of methoxy groups -OCH3 is 1. The van der Waals surface area contributed by atoms with Crippen LogP contribution in [0.4, 0.5) is 0 Å². The summed E-state index contributed by atoms with van der Waals surface area (Å²) in [6, 6.07) is 20.2. The van der Waals surface area contributed by atoms with Crippen LogP contribution < -0.4 is 10.5 Å². The van der Waals surface area contributed by atoms with E-state index < -0.39 is 5.97 Å². The van der Waals surface area contributed by atoms with Crippen molar-refractivity contribution in [3.8, 4) is 5.75 Å². The smallest absolute Gasteiger partial charge is 0.373 e. The number of hydrogen-bond acceptors (Lipinski definition) is 6. The van der Waals surface area contributed by atoms with E-state index in [-0.39, 0.29) is 18.2 Å². The number of nitrogens with two attached hydrogens (primary N) is 1. The van der Waals surface area contributed by atoms with E-state index in [1.165, 1.54) is 13.2 Å². The van der Waals surface area contributed by atoms with Gasteiger partial charge in [-0.1, -0.05) is 35.5 Å². The summed E-state index contributed by atoms with van der Waals surface area (Å²) in [5.74, 6) is 0.927. The van der Waals surface area contributed by atoms with Gasteiger partial charge in [0.15, 0.2) is 12.4 Å². The fraction of sp³-hybridized carbons (Fsp3) is 0.143. The molecule has 0 saturated heterocycles. The van der Waals surface area contributed by atoms with Crippen molar-refractivity contribution in [2.75, 3.05) is 7.11 Å². The van der Waals surface area contributed by atoms with Crippen LogP contribution in [0.1, 0.15) is 27.4 Å². The second-order valence-electron chi connectivity index (χ2n) is 5.81. The Morgan fingerprint density at radius 3 is 2.46 bits per heavy atom. The lowest BCUT2D eigenvalue weighted by atomic mass is 10.2. The van der Waals surface area contributed by atoms with Gasteiger partial charge in [-0.05, 0) is 42.0 Å². The summed E-state index contributed by atoms with van der Waals surface area (Å²) in [5, 5.41) is 3.86. The molecule has 7 heteroatoms. The molecule has 7 nitrogen and oxygen atoms in total. The Bertz CT molecular complexity index is 933. The number of ether oxygens (including phenoxy) is 2. The van der Waals surface area contributed by atoms with Crippen LogP contribution in [0.15, 0.2) is 76.3 Å². The molecule has 0 fully saturated rings. The molecular weight excluding hydrogens is 360 g/mol. The topological polar surface area (TPSA) is 96.3 Å². The predicted molar refractivity (Wildman–Crippen MR) is 103 cm³/mol. The van der Waals surface area contributed by atoms with Crippen molar-refractivity contribution in [1.29, 1.82) is 0 Å². The first-order chi connectivity index (χ1) is 13.7. The van der Waals surface area contributed by atoms with Crippen LogP contribution in [0.2, 0.25) is 0 Å². The first-order valence-electron chi connectivity index (χ1n) is 8.55. The van der Waals surface area contributed by atoms with Gasteiger partial charge in [-0.15, -0.1) is 0 Å². The third-order valence-corrected chi connectivity index (χ3v) is 3.82. The van der Waals surface area contributed by atoms with Crippen molar-refractivity contribution < 1.29 is 23.5 Å². The van der Waals surface area contributed by atoms with E-state index in [2.05, 4.69) is 9.89 Å². The Morgan fingerprint density at radius 1 is 1.00 bits per heavy atom. The van der Waals surface area contributed by atoms with Gasteiger partial charge in [0.05, 0.1) is 7.11 Å². The van der Waals surface area contributed by atoms with E-state index in [4.69, 9.17) is 19.7 Å². The molecule has 0 saturated carbocycles. The lowest BCUT2D eigenvalue weighted by Gasteiger charge is -2.07. The molecule has 0 amide bonds. The van der Waals surface area contributed by atoms with Gasteiger partial charge >= 0.3 is 5.97 Å². The van der Waals surface area contributed by atoms with Gasteiger partial charge in [0, 0.05) is 5.56 Å². The van der Waals surface area contributed by atoms with E-state index in [1.807, 2.05) is 42.5 Å². The summed E-state index contributed by atoms with van der Waals surface area (Å²) in [4.78, 5) is 16.5. The van der Waals surface area contributed by atoms with Crippen molar-refractivity contribution in [3.63, 3.8) is 0 Å². The fourth-order valence-electron chi connectivity index (χ4n) is 2.35. The predicted octanol–water partition coefficient (Wildman–Crippen LogP) is 3.48. The zero-order valence-corrected chi connectivity index (χ0v) is 15.3. The second kappa shape index (κ2) is 9.27. The van der Waals surface area contributed by atoms with Crippen LogP contribution in [0.25, 0.3) is 0 Å². The van der Waals surface area contributed by atoms with Crippen LogP contribution in [-0.4, -0.2) is 18.9 Å². The molecule has 2 aromatic carbocycles. The van der Waals surface area contributed by atoms with Gasteiger partial charge in [-0.2, -0.15) is 0 Å². The van der Waals surface area contributed by atoms with E-state index in [9.17, 15) is 4.79 Å². The van der Waals surface area contributed by atoms with Crippen LogP contribution in [-0.2, 0) is 22.8 Å². The van der Waals surface area contributed by atoms with Crippen LogP contribution in [0, 0.1) is 0 Å². The van der Waals surface area contributed by atoms with Crippen molar-refractivity contribution in [1.82, 2.24) is 0 Å². The molecule has 3 rings (SSSR count). The fourth-order valence-corrected chi connectivity index (χ4v) is 2.35. The summed E-state index contributed by atoms with van der Waals surface area (Å²) in [5.41, 5.74) is 7.72. The Labute approximate surface area is 162 Å². The largest absolute Gasteiger partial charge is 0.489 e. The molecule has 0 radical (unpaired) electrons. The van der Waals surface area contributed by atoms with Crippen LogP contribution in [0.5, 0.6) is 5.75 Å². The summed E-state index contributed by atoms with van der Waals surface area (Å²) >= 11 is 0. The van der Waals surface area contributed by atoms with E-state index in [1.54, 1.807) is 18.2 Å². The Hall–Kier alpha value is -3.74. The van der Waals surface area contributed by atoms with E-state index >= 15 is 0 Å². The molecule has 1 heterocycles. The SMILES string of the molecule is COC(=O)c1ccc(CO/N=C(/N)c2ccc(OCc3ccccc3)cc2)o1. The molecule has 0 bridgehead atoms. The quantitative estimate of drug-likeness (QED) is 0.278. The lowest BCUT2D eigenvalue weighted by molar-refractivity contribution is 0.0553. The van der Waals surface area contributed by atoms with Gasteiger partial charge in [-0.3, -0.25) is 0 Å². The minimum absolute atomic E-state index is 0.0377. The van der Waals surface area contributed by atoms with Gasteiger partial charge in [0.25, 0.3) is 0 Å². The molecule has 0 unspecified atom stereocenters. The average molecular weight is 380 g/mol. The summed E-state index contributed by atoms with van der Waals surface area (Å²) < 4.78 is 15.6. The molecule has 0 aliphatic carbocycles. The standard InChI is InChI=1S/C21H20N2O5/c1-25-21(24)19-12-11-18(28-19)14-27-23-20(22)16-7-9-17(10-8-16)26-13-15-5-3-2-4-6-15/h2-12H,13-14H2,1H3,(H2,22,23). The monoisotopic (exact) mass is 380 g/mol. The highest BCUT2D eigenvalue weighted by molar-refractivity contribution is 5.97. The maximum Gasteiger partial charge on any atom is 0.373 e. The summed E-state index contributed by atoms with van der Waals surface area (Å²) in [6.45, 7) is 0.527. The average Bonchev–Trinajstić information content (AvgIpc) is 3.21. The minimum atomic E-state index is -0.552. The Morgan fingerprint density at radius 2 is 1.75 bits per heavy atom. The van der Waals surface area contributed by atoms with Crippen molar-refractivity contribution in [3.05, 3.63) is 89.4 Å². The van der Waals surface area contributed by atoms with Crippen molar-refractivity contribution >= 4 is 11.8 Å². The molecule has 0 aliphatic heterocycles. The maximum atomic E-state index is 11.3. The second-order valence-corrected chi connectivity index (χ2v) is 5.81. The number of hydrogen-bond donors (Lipinski definition) is 1. The van der Waals surface area contributed by atoms with E-state index in [0.717, 1.165) is 11.3 Å². The number of benzene rings is 2. The normalized spacial score (nSPS) is 11.1. The third-order valence-electron chi connectivity index (χ3n) is 3.82. The number of nitrogens with zero attached hydrogens (tertiary/aromatic N) is 1. The molecule has 0 aliphatic rings. The first kappa shape index (κ1) is 19.0. The van der Waals surface area contributed by atoms with Gasteiger partial charge in [0.1, 0.15) is 18.1 Å². The number of oxime groups is 1. The zero-order chi connectivity index (χ0) is 19.8. The molecule has 144 valence electrons. The first-order valence-corrected chi connectivity index (χ1v) is 8.55. The minimum Gasteiger partial charge on any atom is -0.489 e. The number of rotatable bonds is 8. The molecule has 2 N–H and O–H groups in total. The Kier molecular flexibility index (Phi) is 6.30. The number of amidine groups is 1. The number of carbonyl (C=O) groups is 1. The maximum absolute atomic E-state index is 11.3. The van der Waals surface area contributed by atoms with Crippen molar-refractivity contribution in [2.45, 2.75) is 13.2 Å². The molecule has 28 heavy (non-hydrogen) atoms. The summed E-state index contributed by atoms with van der Waals surface area (Å²) in [6.07, 6.45) is 0. The highest BCUT2D eigenvalue weighted by atomic mass is 16.6. The van der Waals surface area contributed by atoms with Gasteiger partial charge < -0.3 is 24.5 Å². The molecule has 3 aromatic rings. The number of carbonyl (C=O) groups excluding carboxylic acids is 1. The van der Waals surface area contributed by atoms with Crippen molar-refractivity contribution in [2.24, 2.45) is 10.9 Å². The molecule has 0 spiro atoms. The number of furan rings is 1. The van der Waals surface area contributed by atoms with Gasteiger partial charge in [0.2, 0.25) is 5.76 Å². The molecule has 1 aromatic heterocycles. The zero-order valence-electron chi connectivity index (χ0n) is 15.3. The third kappa shape index (κ3) is 5.14. The van der Waals surface area contributed by atoms with Crippen LogP contribution >= 0.6 is 0 Å². The highest BCUT2D eigenvalue weighted by Crippen LogP contribution is 2.15. The number of esters is 1. The Balaban J connectivity index is 1.51. The highest BCUT2D eigenvalue weighted by Gasteiger charge is 2.11. The van der Waals surface area contributed by atoms with Crippen LogP contribution in [0.3, 0.4) is 0 Å². The molecular formula is C21H20N2O5. The lowest BCUT2D eigenvalue weighted by Crippen LogP contribution is -2.13.